The summed E-state index contributed by atoms with van der Waals surface area (Å²) in [7, 11) is 0. The molecule has 0 unspecified atom stereocenters. The summed E-state index contributed by atoms with van der Waals surface area (Å²) >= 11 is 1.61. The molecule has 0 amide bonds. The highest BCUT2D eigenvalue weighted by atomic mass is 32.1. The van der Waals surface area contributed by atoms with Gasteiger partial charge in [-0.15, -0.1) is 11.3 Å². The highest BCUT2D eigenvalue weighted by Crippen LogP contribution is 2.24. The first-order valence-electron chi connectivity index (χ1n) is 5.91. The fourth-order valence-electron chi connectivity index (χ4n) is 2.07. The van der Waals surface area contributed by atoms with Crippen LogP contribution in [-0.4, -0.2) is 17.6 Å². The first kappa shape index (κ1) is 11.6. The van der Waals surface area contributed by atoms with Gasteiger partial charge < -0.3 is 4.74 Å². The van der Waals surface area contributed by atoms with Crippen LogP contribution < -0.4 is 0 Å². The van der Waals surface area contributed by atoms with E-state index in [2.05, 4.69) is 4.98 Å². The van der Waals surface area contributed by atoms with Crippen LogP contribution in [0, 0.1) is 5.92 Å². The zero-order valence-corrected chi connectivity index (χ0v) is 10.2. The van der Waals surface area contributed by atoms with E-state index in [0.717, 1.165) is 24.3 Å². The lowest BCUT2D eigenvalue weighted by Gasteiger charge is -2.19. The minimum absolute atomic E-state index is 0.00347. The minimum Gasteiger partial charge on any atom is -0.465 e. The number of ether oxygens (including phenoxy) is 1. The first-order valence-corrected chi connectivity index (χ1v) is 6.79. The Labute approximate surface area is 99.8 Å². The van der Waals surface area contributed by atoms with E-state index in [0.29, 0.717) is 6.61 Å². The molecule has 0 atom stereocenters. The third-order valence-corrected chi connectivity index (χ3v) is 3.82. The predicted octanol–water partition coefficient (Wildman–Crippen LogP) is 2.81. The molecule has 3 nitrogen and oxygen atoms in total. The summed E-state index contributed by atoms with van der Waals surface area (Å²) in [5, 5.41) is 2.98. The molecule has 88 valence electrons. The van der Waals surface area contributed by atoms with Crippen molar-refractivity contribution >= 4 is 17.3 Å². The summed E-state index contributed by atoms with van der Waals surface area (Å²) in [5.41, 5.74) is 0. The van der Waals surface area contributed by atoms with Gasteiger partial charge in [-0.1, -0.05) is 19.3 Å². The molecule has 2 rings (SSSR count). The molecule has 0 bridgehead atoms. The summed E-state index contributed by atoms with van der Waals surface area (Å²) in [6.45, 7) is 0.475. The van der Waals surface area contributed by atoms with Crippen molar-refractivity contribution in [2.75, 3.05) is 6.61 Å². The van der Waals surface area contributed by atoms with Crippen LogP contribution in [0.5, 0.6) is 0 Å². The smallest absolute Gasteiger partial charge is 0.308 e. The largest absolute Gasteiger partial charge is 0.465 e. The van der Waals surface area contributed by atoms with Crippen molar-refractivity contribution in [2.45, 2.75) is 38.5 Å². The van der Waals surface area contributed by atoms with Crippen LogP contribution in [0.4, 0.5) is 0 Å². The molecule has 1 aromatic rings. The number of thiazole rings is 1. The first-order chi connectivity index (χ1) is 7.86. The number of hydrogen-bond donors (Lipinski definition) is 0. The topological polar surface area (TPSA) is 39.2 Å². The van der Waals surface area contributed by atoms with Gasteiger partial charge in [-0.2, -0.15) is 0 Å². The highest BCUT2D eigenvalue weighted by molar-refractivity contribution is 7.09. The molecular formula is C12H17NO2S. The fourth-order valence-corrected chi connectivity index (χ4v) is 2.67. The Morgan fingerprint density at radius 2 is 2.25 bits per heavy atom. The summed E-state index contributed by atoms with van der Waals surface area (Å²) in [4.78, 5) is 15.8. The second-order valence-corrected chi connectivity index (χ2v) is 5.16. The molecule has 0 aliphatic heterocycles. The Morgan fingerprint density at radius 1 is 1.44 bits per heavy atom. The number of hydrogen-bond acceptors (Lipinski definition) is 4. The maximum Gasteiger partial charge on any atom is 0.308 e. The van der Waals surface area contributed by atoms with E-state index >= 15 is 0 Å². The van der Waals surface area contributed by atoms with E-state index in [-0.39, 0.29) is 11.9 Å². The molecule has 0 saturated heterocycles. The number of aromatic nitrogens is 1. The van der Waals surface area contributed by atoms with Crippen LogP contribution in [0.1, 0.15) is 37.1 Å². The number of rotatable bonds is 4. The normalized spacial score (nSPS) is 17.2. The summed E-state index contributed by atoms with van der Waals surface area (Å²) < 4.78 is 5.28. The van der Waals surface area contributed by atoms with Gasteiger partial charge in [0.15, 0.2) is 0 Å². The summed E-state index contributed by atoms with van der Waals surface area (Å²) in [5.74, 6) is 0.154. The average Bonchev–Trinajstić information content (AvgIpc) is 2.83. The van der Waals surface area contributed by atoms with E-state index in [1.807, 2.05) is 5.38 Å². The van der Waals surface area contributed by atoms with Crippen molar-refractivity contribution in [2.24, 2.45) is 5.92 Å². The molecule has 0 aromatic carbocycles. The molecule has 1 aromatic heterocycles. The van der Waals surface area contributed by atoms with Crippen molar-refractivity contribution in [3.63, 3.8) is 0 Å². The zero-order chi connectivity index (χ0) is 11.2. The highest BCUT2D eigenvalue weighted by Gasteiger charge is 2.22. The van der Waals surface area contributed by atoms with E-state index in [1.165, 1.54) is 19.3 Å². The molecule has 16 heavy (non-hydrogen) atoms. The zero-order valence-electron chi connectivity index (χ0n) is 9.35. The van der Waals surface area contributed by atoms with E-state index in [4.69, 9.17) is 4.74 Å². The van der Waals surface area contributed by atoms with Gasteiger partial charge in [0.1, 0.15) is 0 Å². The van der Waals surface area contributed by atoms with E-state index in [1.54, 1.807) is 17.5 Å². The molecule has 1 aliphatic rings. The summed E-state index contributed by atoms with van der Waals surface area (Å²) in [6.07, 6.45) is 8.16. The van der Waals surface area contributed by atoms with Crippen molar-refractivity contribution < 1.29 is 9.53 Å². The third kappa shape index (κ3) is 3.30. The third-order valence-electron chi connectivity index (χ3n) is 2.98. The number of carbonyl (C=O) groups excluding carboxylic acids is 1. The van der Waals surface area contributed by atoms with Crippen LogP contribution in [0.15, 0.2) is 11.6 Å². The molecule has 0 N–H and O–H groups in total. The van der Waals surface area contributed by atoms with Crippen molar-refractivity contribution in [1.82, 2.24) is 4.98 Å². The fraction of sp³-hybridized carbons (Fsp3) is 0.667. The van der Waals surface area contributed by atoms with Gasteiger partial charge in [0.2, 0.25) is 0 Å². The van der Waals surface area contributed by atoms with E-state index < -0.39 is 0 Å². The SMILES string of the molecule is O=C(OCCc1nccs1)C1CCCCC1. The second kappa shape index (κ2) is 5.99. The molecule has 0 radical (unpaired) electrons. The monoisotopic (exact) mass is 239 g/mol. The molecule has 1 heterocycles. The number of nitrogens with zero attached hydrogens (tertiary/aromatic N) is 1. The Morgan fingerprint density at radius 3 is 2.94 bits per heavy atom. The van der Waals surface area contributed by atoms with Crippen molar-refractivity contribution in [1.29, 1.82) is 0 Å². The Bertz CT molecular complexity index is 318. The van der Waals surface area contributed by atoms with Crippen LogP contribution in [0.3, 0.4) is 0 Å². The minimum atomic E-state index is -0.00347. The second-order valence-electron chi connectivity index (χ2n) is 4.18. The Kier molecular flexibility index (Phi) is 4.34. The Balaban J connectivity index is 1.67. The van der Waals surface area contributed by atoms with E-state index in [9.17, 15) is 4.79 Å². The van der Waals surface area contributed by atoms with Crippen LogP contribution in [0.2, 0.25) is 0 Å². The average molecular weight is 239 g/mol. The molecule has 1 fully saturated rings. The number of esters is 1. The van der Waals surface area contributed by atoms with Gasteiger partial charge in [0.05, 0.1) is 17.5 Å². The lowest BCUT2D eigenvalue weighted by molar-refractivity contribution is -0.149. The predicted molar refractivity (Wildman–Crippen MR) is 63.4 cm³/mol. The van der Waals surface area contributed by atoms with Gasteiger partial charge in [-0.25, -0.2) is 4.98 Å². The quantitative estimate of drug-likeness (QED) is 0.758. The molecule has 1 saturated carbocycles. The van der Waals surface area contributed by atoms with Crippen molar-refractivity contribution in [3.05, 3.63) is 16.6 Å². The van der Waals surface area contributed by atoms with Gasteiger partial charge in [0.25, 0.3) is 0 Å². The van der Waals surface area contributed by atoms with Gasteiger partial charge in [0, 0.05) is 18.0 Å². The molecule has 4 heteroatoms. The van der Waals surface area contributed by atoms with Crippen LogP contribution in [0.25, 0.3) is 0 Å². The number of carbonyl (C=O) groups is 1. The standard InChI is InChI=1S/C12H17NO2S/c14-12(10-4-2-1-3-5-10)15-8-6-11-13-7-9-16-11/h7,9-10H,1-6,8H2. The molecule has 1 aliphatic carbocycles. The van der Waals surface area contributed by atoms with Crippen LogP contribution in [-0.2, 0) is 16.0 Å². The lowest BCUT2D eigenvalue weighted by Crippen LogP contribution is -2.21. The molecular weight excluding hydrogens is 222 g/mol. The summed E-state index contributed by atoms with van der Waals surface area (Å²) in [6, 6.07) is 0. The van der Waals surface area contributed by atoms with Gasteiger partial charge in [-0.05, 0) is 12.8 Å². The maximum atomic E-state index is 11.7. The van der Waals surface area contributed by atoms with Crippen molar-refractivity contribution in [3.8, 4) is 0 Å². The van der Waals surface area contributed by atoms with Gasteiger partial charge >= 0.3 is 5.97 Å². The molecule has 0 spiro atoms. The van der Waals surface area contributed by atoms with Gasteiger partial charge in [-0.3, -0.25) is 4.79 Å². The maximum absolute atomic E-state index is 11.7. The lowest BCUT2D eigenvalue weighted by atomic mass is 9.89. The van der Waals surface area contributed by atoms with Crippen LogP contribution >= 0.6 is 11.3 Å². The Hall–Kier alpha value is -0.900.